The van der Waals surface area contributed by atoms with Gasteiger partial charge in [-0.1, -0.05) is 37.3 Å². The minimum absolute atomic E-state index is 0.00665. The number of rotatable bonds is 6. The maximum absolute atomic E-state index is 12.9. The first-order valence-electron chi connectivity index (χ1n) is 10.8. The molecule has 2 aromatic rings. The summed E-state index contributed by atoms with van der Waals surface area (Å²) in [5.41, 5.74) is 3.45. The Morgan fingerprint density at radius 1 is 1.25 bits per heavy atom. The van der Waals surface area contributed by atoms with Gasteiger partial charge in [-0.2, -0.15) is 9.78 Å². The Morgan fingerprint density at radius 2 is 1.91 bits per heavy atom. The second-order valence-corrected chi connectivity index (χ2v) is 9.64. The molecule has 0 radical (unpaired) electrons. The Balaban J connectivity index is 1.87. The molecule has 0 atom stereocenters. The highest BCUT2D eigenvalue weighted by molar-refractivity contribution is 6.33. The van der Waals surface area contributed by atoms with Gasteiger partial charge in [-0.15, -0.1) is 0 Å². The maximum atomic E-state index is 12.9. The van der Waals surface area contributed by atoms with Crippen molar-refractivity contribution in [1.82, 2.24) is 19.7 Å². The second kappa shape index (κ2) is 9.56. The number of nitrogens with one attached hydrogen (secondary N) is 1. The van der Waals surface area contributed by atoms with E-state index in [2.05, 4.69) is 10.4 Å². The Kier molecular flexibility index (Phi) is 7.22. The average Bonchev–Trinajstić information content (AvgIpc) is 2.94. The van der Waals surface area contributed by atoms with Gasteiger partial charge in [0.2, 0.25) is 0 Å². The molecule has 3 rings (SSSR count). The molecule has 0 spiro atoms. The van der Waals surface area contributed by atoms with Gasteiger partial charge in [-0.25, -0.2) is 4.79 Å². The molecule has 1 heterocycles. The van der Waals surface area contributed by atoms with E-state index in [4.69, 9.17) is 17.3 Å². The lowest BCUT2D eigenvalue weighted by Crippen LogP contribution is -2.48. The van der Waals surface area contributed by atoms with Crippen molar-refractivity contribution in [1.29, 1.82) is 0 Å². The fraction of sp³-hybridized carbons (Fsp3) is 0.545. The smallest absolute Gasteiger partial charge is 0.352 e. The fourth-order valence-corrected chi connectivity index (χ4v) is 4.09. The topological polar surface area (TPSA) is 132 Å². The van der Waals surface area contributed by atoms with Crippen LogP contribution in [-0.4, -0.2) is 43.0 Å². The van der Waals surface area contributed by atoms with Crippen molar-refractivity contribution >= 4 is 17.5 Å². The quantitative estimate of drug-likeness (QED) is 0.557. The molecule has 4 N–H and O–H groups in total. The van der Waals surface area contributed by atoms with Gasteiger partial charge in [-0.05, 0) is 44.9 Å². The highest BCUT2D eigenvalue weighted by Crippen LogP contribution is 2.27. The highest BCUT2D eigenvalue weighted by atomic mass is 35.5. The molecule has 0 saturated heterocycles. The largest absolute Gasteiger partial charge is 0.388 e. The number of nitrogens with two attached hydrogens (primary N) is 1. The number of carbonyl (C=O) groups is 1. The third kappa shape index (κ3) is 5.85. The van der Waals surface area contributed by atoms with Crippen LogP contribution in [-0.2, 0) is 6.54 Å². The van der Waals surface area contributed by atoms with Gasteiger partial charge >= 0.3 is 5.69 Å². The SMILES string of the molecule is CC(C)(N)Cn1c(=O)cnn(-c2ccc(Cl)c(C(=O)NCC3(O)CCCCCC3)c2)c1=O. The molecule has 1 aromatic heterocycles. The summed E-state index contributed by atoms with van der Waals surface area (Å²) in [5.74, 6) is -0.459. The molecule has 1 aliphatic rings. The van der Waals surface area contributed by atoms with Gasteiger partial charge < -0.3 is 16.2 Å². The zero-order chi connectivity index (χ0) is 23.5. The van der Waals surface area contributed by atoms with Crippen molar-refractivity contribution in [3.8, 4) is 5.69 Å². The minimum atomic E-state index is -0.931. The van der Waals surface area contributed by atoms with E-state index in [0.717, 1.165) is 41.1 Å². The first-order chi connectivity index (χ1) is 15.0. The molecule has 174 valence electrons. The summed E-state index contributed by atoms with van der Waals surface area (Å²) in [4.78, 5) is 37.9. The van der Waals surface area contributed by atoms with Crippen LogP contribution in [0.5, 0.6) is 0 Å². The van der Waals surface area contributed by atoms with Gasteiger partial charge in [-0.3, -0.25) is 14.2 Å². The lowest BCUT2D eigenvalue weighted by molar-refractivity contribution is 0.0246. The molecule has 10 heteroatoms. The van der Waals surface area contributed by atoms with Crippen molar-refractivity contribution in [2.75, 3.05) is 6.54 Å². The van der Waals surface area contributed by atoms with Crippen LogP contribution >= 0.6 is 11.6 Å². The van der Waals surface area contributed by atoms with E-state index in [0.29, 0.717) is 12.8 Å². The second-order valence-electron chi connectivity index (χ2n) is 9.24. The summed E-state index contributed by atoms with van der Waals surface area (Å²) in [5, 5.41) is 17.7. The zero-order valence-corrected chi connectivity index (χ0v) is 19.2. The summed E-state index contributed by atoms with van der Waals surface area (Å²) < 4.78 is 2.03. The van der Waals surface area contributed by atoms with Crippen LogP contribution in [0.25, 0.3) is 5.69 Å². The third-order valence-electron chi connectivity index (χ3n) is 5.58. The van der Waals surface area contributed by atoms with E-state index < -0.39 is 28.3 Å². The van der Waals surface area contributed by atoms with Crippen LogP contribution in [0, 0.1) is 0 Å². The van der Waals surface area contributed by atoms with Crippen molar-refractivity contribution in [3.63, 3.8) is 0 Å². The van der Waals surface area contributed by atoms with Crippen LogP contribution in [0.3, 0.4) is 0 Å². The van der Waals surface area contributed by atoms with Crippen LogP contribution in [0.2, 0.25) is 5.02 Å². The standard InChI is InChI=1S/C22H30ClN5O4/c1-21(2,24)14-27-18(29)12-26-28(20(27)31)15-7-8-17(23)16(11-15)19(30)25-13-22(32)9-5-3-4-6-10-22/h7-8,11-12,32H,3-6,9-10,13-14,24H2,1-2H3,(H,25,30). The number of aromatic nitrogens is 3. The molecule has 9 nitrogen and oxygen atoms in total. The first-order valence-corrected chi connectivity index (χ1v) is 11.2. The van der Waals surface area contributed by atoms with Gasteiger partial charge in [0.1, 0.15) is 6.20 Å². The van der Waals surface area contributed by atoms with Crippen molar-refractivity contribution in [2.24, 2.45) is 5.73 Å². The van der Waals surface area contributed by atoms with E-state index >= 15 is 0 Å². The van der Waals surface area contributed by atoms with Crippen LogP contribution in [0.4, 0.5) is 0 Å². The van der Waals surface area contributed by atoms with Gasteiger partial charge in [0, 0.05) is 18.6 Å². The Morgan fingerprint density at radius 3 is 2.53 bits per heavy atom. The number of aliphatic hydroxyl groups is 1. The molecule has 32 heavy (non-hydrogen) atoms. The summed E-state index contributed by atoms with van der Waals surface area (Å²) >= 11 is 6.24. The van der Waals surface area contributed by atoms with E-state index in [1.54, 1.807) is 13.8 Å². The number of halogens is 1. The number of hydrogen-bond donors (Lipinski definition) is 3. The number of hydrogen-bond acceptors (Lipinski definition) is 6. The molecule has 0 bridgehead atoms. The summed E-state index contributed by atoms with van der Waals surface area (Å²) in [6.45, 7) is 3.54. The van der Waals surface area contributed by atoms with Gasteiger partial charge in [0.15, 0.2) is 0 Å². The van der Waals surface area contributed by atoms with Crippen molar-refractivity contribution in [2.45, 2.75) is 70.1 Å². The van der Waals surface area contributed by atoms with E-state index in [9.17, 15) is 19.5 Å². The summed E-state index contributed by atoms with van der Waals surface area (Å²) in [7, 11) is 0. The number of amides is 1. The molecule has 0 aliphatic heterocycles. The summed E-state index contributed by atoms with van der Waals surface area (Å²) in [6.07, 6.45) is 6.31. The van der Waals surface area contributed by atoms with Gasteiger partial charge in [0.25, 0.3) is 11.5 Å². The lowest BCUT2D eigenvalue weighted by Gasteiger charge is -2.27. The molecule has 1 amide bonds. The number of benzene rings is 1. The van der Waals surface area contributed by atoms with Crippen LogP contribution in [0.1, 0.15) is 62.7 Å². The fourth-order valence-electron chi connectivity index (χ4n) is 3.89. The molecule has 0 unspecified atom stereocenters. The monoisotopic (exact) mass is 463 g/mol. The minimum Gasteiger partial charge on any atom is -0.388 e. The molecular weight excluding hydrogens is 434 g/mol. The molecular formula is C22H30ClN5O4. The van der Waals surface area contributed by atoms with Gasteiger partial charge in [0.05, 0.1) is 21.9 Å². The van der Waals surface area contributed by atoms with E-state index in [1.165, 1.54) is 18.2 Å². The Labute approximate surface area is 191 Å². The molecule has 1 fully saturated rings. The number of carbonyl (C=O) groups excluding carboxylic acids is 1. The van der Waals surface area contributed by atoms with Crippen molar-refractivity contribution < 1.29 is 9.90 Å². The average molecular weight is 464 g/mol. The predicted molar refractivity (Wildman–Crippen MR) is 122 cm³/mol. The highest BCUT2D eigenvalue weighted by Gasteiger charge is 2.29. The van der Waals surface area contributed by atoms with Crippen LogP contribution < -0.4 is 22.3 Å². The van der Waals surface area contributed by atoms with E-state index in [-0.39, 0.29) is 29.4 Å². The van der Waals surface area contributed by atoms with Crippen molar-refractivity contribution in [3.05, 3.63) is 55.8 Å². The normalized spacial score (nSPS) is 16.4. The summed E-state index contributed by atoms with van der Waals surface area (Å²) in [6, 6.07) is 4.46. The predicted octanol–water partition coefficient (Wildman–Crippen LogP) is 1.60. The maximum Gasteiger partial charge on any atom is 0.352 e. The molecule has 1 saturated carbocycles. The third-order valence-corrected chi connectivity index (χ3v) is 5.91. The zero-order valence-electron chi connectivity index (χ0n) is 18.4. The van der Waals surface area contributed by atoms with Crippen LogP contribution in [0.15, 0.2) is 34.0 Å². The number of nitrogens with zero attached hydrogens (tertiary/aromatic N) is 3. The first kappa shape index (κ1) is 24.2. The molecule has 1 aromatic carbocycles. The molecule has 1 aliphatic carbocycles. The Hall–Kier alpha value is -2.49. The van der Waals surface area contributed by atoms with E-state index in [1.807, 2.05) is 0 Å². The lowest BCUT2D eigenvalue weighted by atomic mass is 9.94. The Bertz CT molecular complexity index is 1090.